The van der Waals surface area contributed by atoms with Crippen LogP contribution in [0, 0.1) is 6.92 Å². The van der Waals surface area contributed by atoms with Gasteiger partial charge in [0.15, 0.2) is 0 Å². The molecular weight excluding hydrogens is 336 g/mol. The number of hydrogen-bond donors (Lipinski definition) is 0. The lowest BCUT2D eigenvalue weighted by atomic mass is 10.2. The molecule has 0 fully saturated rings. The van der Waals surface area contributed by atoms with Crippen molar-refractivity contribution in [3.05, 3.63) is 51.0 Å². The lowest BCUT2D eigenvalue weighted by molar-refractivity contribution is 0.689. The summed E-state index contributed by atoms with van der Waals surface area (Å²) in [6, 6.07) is 9.76. The van der Waals surface area contributed by atoms with Gasteiger partial charge in [0.05, 0.1) is 26.4 Å². The summed E-state index contributed by atoms with van der Waals surface area (Å²) in [5.74, 6) is 1.48. The summed E-state index contributed by atoms with van der Waals surface area (Å²) >= 11 is 8.10. The van der Waals surface area contributed by atoms with Crippen molar-refractivity contribution >= 4 is 40.2 Å². The predicted octanol–water partition coefficient (Wildman–Crippen LogP) is 4.65. The molecule has 0 saturated carbocycles. The molecule has 118 valence electrons. The van der Waals surface area contributed by atoms with E-state index in [1.165, 1.54) is 0 Å². The van der Waals surface area contributed by atoms with Crippen LogP contribution in [0.15, 0.2) is 34.6 Å². The van der Waals surface area contributed by atoms with Gasteiger partial charge in [-0.05, 0) is 30.9 Å². The molecule has 2 aromatic rings. The van der Waals surface area contributed by atoms with E-state index in [0.29, 0.717) is 10.9 Å². The van der Waals surface area contributed by atoms with E-state index in [4.69, 9.17) is 11.6 Å². The zero-order valence-electron chi connectivity index (χ0n) is 12.9. The molecule has 0 bridgehead atoms. The number of rotatable bonds is 6. The minimum Gasteiger partial charge on any atom is -0.254 e. The van der Waals surface area contributed by atoms with Gasteiger partial charge in [0, 0.05) is 11.3 Å². The second kappa shape index (κ2) is 7.99. The summed E-state index contributed by atoms with van der Waals surface area (Å²) in [6.45, 7) is 5.88. The van der Waals surface area contributed by atoms with Crippen LogP contribution in [0.1, 0.15) is 25.1 Å². The highest BCUT2D eigenvalue weighted by molar-refractivity contribution is 8.16. The highest BCUT2D eigenvalue weighted by Gasteiger charge is 2.15. The Bertz CT molecular complexity index is 696. The van der Waals surface area contributed by atoms with Crippen LogP contribution in [0.4, 0.5) is 0 Å². The van der Waals surface area contributed by atoms with Gasteiger partial charge in [-0.25, -0.2) is 4.68 Å². The molecule has 3 nitrogen and oxygen atoms in total. The molecule has 0 radical (unpaired) electrons. The largest absolute Gasteiger partial charge is 0.254 e. The molecule has 1 heterocycles. The van der Waals surface area contributed by atoms with E-state index in [-0.39, 0.29) is 0 Å². The molecule has 0 aliphatic heterocycles. The number of benzene rings is 1. The number of hydrogen-bond acceptors (Lipinski definition) is 3. The Morgan fingerprint density at radius 2 is 2.05 bits per heavy atom. The second-order valence-corrected chi connectivity index (χ2v) is 8.20. The van der Waals surface area contributed by atoms with Gasteiger partial charge in [-0.2, -0.15) is 5.10 Å². The van der Waals surface area contributed by atoms with Gasteiger partial charge in [0.1, 0.15) is 5.15 Å². The van der Waals surface area contributed by atoms with E-state index < -0.39 is 10.8 Å². The monoisotopic (exact) mass is 354 g/mol. The Morgan fingerprint density at radius 1 is 1.36 bits per heavy atom. The number of nitrogens with zero attached hydrogens (tertiary/aromatic N) is 2. The van der Waals surface area contributed by atoms with E-state index in [1.54, 1.807) is 16.4 Å². The summed E-state index contributed by atoms with van der Waals surface area (Å²) in [4.78, 5) is 0. The number of aryl methyl sites for hydroxylation is 1. The molecule has 0 spiro atoms. The fourth-order valence-electron chi connectivity index (χ4n) is 1.99. The van der Waals surface area contributed by atoms with Crippen molar-refractivity contribution in [1.82, 2.24) is 9.78 Å². The van der Waals surface area contributed by atoms with Crippen LogP contribution in [0.3, 0.4) is 0 Å². The molecule has 1 aromatic carbocycles. The van der Waals surface area contributed by atoms with Crippen LogP contribution >= 0.6 is 23.4 Å². The molecule has 2 rings (SSSR count). The van der Waals surface area contributed by atoms with Gasteiger partial charge >= 0.3 is 0 Å². The van der Waals surface area contributed by atoms with Crippen molar-refractivity contribution in [2.45, 2.75) is 20.8 Å². The molecule has 1 unspecified atom stereocenters. The molecular formula is C16H19ClN2OS2. The molecule has 0 N–H and O–H groups in total. The second-order valence-electron chi connectivity index (χ2n) is 4.57. The number of para-hydroxylation sites is 1. The molecule has 0 aliphatic carbocycles. The van der Waals surface area contributed by atoms with Gasteiger partial charge in [0.2, 0.25) is 0 Å². The van der Waals surface area contributed by atoms with E-state index in [9.17, 15) is 4.21 Å². The topological polar surface area (TPSA) is 34.9 Å². The highest BCUT2D eigenvalue weighted by atomic mass is 35.5. The maximum Gasteiger partial charge on any atom is 0.140 e. The molecule has 22 heavy (non-hydrogen) atoms. The average Bonchev–Trinajstić information content (AvgIpc) is 2.82. The van der Waals surface area contributed by atoms with Gasteiger partial charge in [-0.15, -0.1) is 11.8 Å². The smallest absolute Gasteiger partial charge is 0.140 e. The standard InChI is InChI=1S/C16H19ClN2OS2/c1-4-21-15(22(20)5-2)11-14-12(3)18-19(16(14)17)13-9-7-6-8-10-13/h6-11H,4-5H2,1-3H3/b15-11+. The third-order valence-electron chi connectivity index (χ3n) is 3.08. The van der Waals surface area contributed by atoms with Crippen molar-refractivity contribution in [2.75, 3.05) is 11.5 Å². The van der Waals surface area contributed by atoms with E-state index in [2.05, 4.69) is 5.10 Å². The fourth-order valence-corrected chi connectivity index (χ4v) is 4.57. The number of thioether (sulfide) groups is 1. The van der Waals surface area contributed by atoms with E-state index >= 15 is 0 Å². The Morgan fingerprint density at radius 3 is 2.64 bits per heavy atom. The first-order chi connectivity index (χ1) is 10.6. The quantitative estimate of drug-likeness (QED) is 0.757. The minimum atomic E-state index is -0.989. The first-order valence-electron chi connectivity index (χ1n) is 7.11. The summed E-state index contributed by atoms with van der Waals surface area (Å²) in [7, 11) is -0.989. The Kier molecular flexibility index (Phi) is 6.29. The molecule has 0 amide bonds. The molecule has 1 aromatic heterocycles. The van der Waals surface area contributed by atoms with Gasteiger partial charge in [-0.3, -0.25) is 4.21 Å². The predicted molar refractivity (Wildman–Crippen MR) is 98.1 cm³/mol. The summed E-state index contributed by atoms with van der Waals surface area (Å²) in [6.07, 6.45) is 1.91. The maximum absolute atomic E-state index is 12.2. The lowest BCUT2D eigenvalue weighted by Crippen LogP contribution is -1.96. The SMILES string of the molecule is CCS/C(=C\c1c(C)nn(-c2ccccc2)c1Cl)S(=O)CC. The fraction of sp³-hybridized carbons (Fsp3) is 0.312. The van der Waals surface area contributed by atoms with Crippen molar-refractivity contribution in [2.24, 2.45) is 0 Å². The maximum atomic E-state index is 12.2. The van der Waals surface area contributed by atoms with E-state index in [1.807, 2.05) is 57.2 Å². The zero-order valence-corrected chi connectivity index (χ0v) is 15.3. The van der Waals surface area contributed by atoms with Crippen LogP contribution in [0.25, 0.3) is 11.8 Å². The summed E-state index contributed by atoms with van der Waals surface area (Å²) in [5, 5.41) is 5.06. The highest BCUT2D eigenvalue weighted by Crippen LogP contribution is 2.29. The van der Waals surface area contributed by atoms with Crippen LogP contribution in [-0.4, -0.2) is 25.5 Å². The lowest BCUT2D eigenvalue weighted by Gasteiger charge is -2.05. The van der Waals surface area contributed by atoms with Crippen molar-refractivity contribution in [1.29, 1.82) is 0 Å². The van der Waals surface area contributed by atoms with Crippen LogP contribution in [0.5, 0.6) is 0 Å². The number of aromatic nitrogens is 2. The van der Waals surface area contributed by atoms with Gasteiger partial charge in [0.25, 0.3) is 0 Å². The van der Waals surface area contributed by atoms with Gasteiger partial charge in [-0.1, -0.05) is 43.6 Å². The number of halogens is 1. The third kappa shape index (κ3) is 3.83. The van der Waals surface area contributed by atoms with Crippen LogP contribution in [0.2, 0.25) is 5.15 Å². The summed E-state index contributed by atoms with van der Waals surface area (Å²) in [5.41, 5.74) is 2.58. The Balaban J connectivity index is 2.48. The van der Waals surface area contributed by atoms with Crippen molar-refractivity contribution in [3.63, 3.8) is 0 Å². The normalized spacial score (nSPS) is 13.4. The Hall–Kier alpha value is -1.04. The molecule has 0 aliphatic rings. The Labute approximate surface area is 143 Å². The van der Waals surface area contributed by atoms with Gasteiger partial charge < -0.3 is 0 Å². The summed E-state index contributed by atoms with van der Waals surface area (Å²) < 4.78 is 14.7. The average molecular weight is 355 g/mol. The zero-order chi connectivity index (χ0) is 16.1. The minimum absolute atomic E-state index is 0.547. The van der Waals surface area contributed by atoms with E-state index in [0.717, 1.165) is 26.9 Å². The van der Waals surface area contributed by atoms with Crippen molar-refractivity contribution in [3.8, 4) is 5.69 Å². The first-order valence-corrected chi connectivity index (χ1v) is 9.80. The molecule has 1 atom stereocenters. The van der Waals surface area contributed by atoms with Crippen LogP contribution in [-0.2, 0) is 10.8 Å². The van der Waals surface area contributed by atoms with Crippen molar-refractivity contribution < 1.29 is 4.21 Å². The first kappa shape index (κ1) is 17.3. The third-order valence-corrected chi connectivity index (χ3v) is 6.14. The van der Waals surface area contributed by atoms with Crippen LogP contribution < -0.4 is 0 Å². The molecule has 6 heteroatoms. The molecule has 0 saturated heterocycles.